The molecule has 3 aromatic rings. The minimum absolute atomic E-state index is 0.341. The first kappa shape index (κ1) is 9.11. The van der Waals surface area contributed by atoms with Gasteiger partial charge in [-0.2, -0.15) is 0 Å². The fourth-order valence-electron chi connectivity index (χ4n) is 1.59. The molecule has 0 aliphatic rings. The van der Waals surface area contributed by atoms with Crippen molar-refractivity contribution in [2.24, 2.45) is 5.73 Å². The van der Waals surface area contributed by atoms with Crippen LogP contribution in [0.4, 0.5) is 0 Å². The van der Waals surface area contributed by atoms with Crippen LogP contribution in [0, 0.1) is 0 Å². The summed E-state index contributed by atoms with van der Waals surface area (Å²) < 4.78 is 5.63. The van der Waals surface area contributed by atoms with E-state index in [2.05, 4.69) is 15.2 Å². The van der Waals surface area contributed by atoms with Crippen molar-refractivity contribution in [2.75, 3.05) is 0 Å². The molecule has 3 N–H and O–H groups in total. The lowest BCUT2D eigenvalue weighted by atomic mass is 10.2. The van der Waals surface area contributed by atoms with Gasteiger partial charge in [-0.1, -0.05) is 18.2 Å². The van der Waals surface area contributed by atoms with Crippen LogP contribution in [0.15, 0.2) is 34.7 Å². The van der Waals surface area contributed by atoms with Crippen LogP contribution in [0.2, 0.25) is 0 Å². The molecule has 0 spiro atoms. The third-order valence-electron chi connectivity index (χ3n) is 2.37. The summed E-state index contributed by atoms with van der Waals surface area (Å²) in [6.07, 6.45) is 0. The number of nitrogens with two attached hydrogens (primary N) is 1. The molecule has 3 rings (SSSR count). The largest absolute Gasteiger partial charge is 0.453 e. The highest BCUT2D eigenvalue weighted by Crippen LogP contribution is 2.24. The van der Waals surface area contributed by atoms with Crippen molar-refractivity contribution < 1.29 is 4.42 Å². The number of nitrogens with one attached hydrogen (secondary N) is 1. The predicted molar refractivity (Wildman–Crippen MR) is 59.5 cm³/mol. The lowest BCUT2D eigenvalue weighted by Crippen LogP contribution is -1.97. The maximum atomic E-state index is 5.63. The van der Waals surface area contributed by atoms with Gasteiger partial charge >= 0.3 is 0 Å². The van der Waals surface area contributed by atoms with Gasteiger partial charge in [0, 0.05) is 5.39 Å². The second kappa shape index (κ2) is 3.46. The van der Waals surface area contributed by atoms with Crippen molar-refractivity contribution >= 4 is 11.0 Å². The average molecular weight is 214 g/mol. The summed E-state index contributed by atoms with van der Waals surface area (Å²) >= 11 is 0. The number of aromatic amines is 1. The molecule has 1 aromatic carbocycles. The smallest absolute Gasteiger partial charge is 0.217 e. The number of para-hydroxylation sites is 1. The number of fused-ring (bicyclic) bond motifs is 1. The van der Waals surface area contributed by atoms with Crippen molar-refractivity contribution in [2.45, 2.75) is 6.54 Å². The molecule has 5 heteroatoms. The monoisotopic (exact) mass is 214 g/mol. The average Bonchev–Trinajstić information content (AvgIpc) is 2.95. The molecule has 0 unspecified atom stereocenters. The maximum Gasteiger partial charge on any atom is 0.217 e. The summed E-state index contributed by atoms with van der Waals surface area (Å²) in [5.74, 6) is 1.84. The quantitative estimate of drug-likeness (QED) is 0.680. The second-order valence-electron chi connectivity index (χ2n) is 3.46. The number of benzene rings is 1. The van der Waals surface area contributed by atoms with Crippen LogP contribution in [0.3, 0.4) is 0 Å². The van der Waals surface area contributed by atoms with Crippen LogP contribution in [0.25, 0.3) is 22.6 Å². The van der Waals surface area contributed by atoms with Crippen LogP contribution < -0.4 is 5.73 Å². The molecular formula is C11H10N4O. The van der Waals surface area contributed by atoms with E-state index in [1.807, 2.05) is 30.3 Å². The van der Waals surface area contributed by atoms with E-state index < -0.39 is 0 Å². The highest BCUT2D eigenvalue weighted by Gasteiger charge is 2.10. The predicted octanol–water partition coefficient (Wildman–Crippen LogP) is 1.68. The van der Waals surface area contributed by atoms with Crippen LogP contribution in [0.1, 0.15) is 5.82 Å². The summed E-state index contributed by atoms with van der Waals surface area (Å²) in [5, 5.41) is 7.83. The van der Waals surface area contributed by atoms with E-state index in [0.717, 1.165) is 11.0 Å². The van der Waals surface area contributed by atoms with Crippen molar-refractivity contribution in [3.63, 3.8) is 0 Å². The van der Waals surface area contributed by atoms with Crippen LogP contribution in [-0.4, -0.2) is 15.2 Å². The van der Waals surface area contributed by atoms with Gasteiger partial charge in [-0.3, -0.25) is 5.10 Å². The molecule has 80 valence electrons. The van der Waals surface area contributed by atoms with Crippen LogP contribution in [0.5, 0.6) is 0 Å². The van der Waals surface area contributed by atoms with Crippen LogP contribution in [-0.2, 0) is 6.54 Å². The zero-order chi connectivity index (χ0) is 11.0. The first-order valence-electron chi connectivity index (χ1n) is 4.97. The first-order chi connectivity index (χ1) is 7.86. The highest BCUT2D eigenvalue weighted by atomic mass is 16.3. The molecule has 0 bridgehead atoms. The molecule has 2 aromatic heterocycles. The Morgan fingerprint density at radius 2 is 2.19 bits per heavy atom. The second-order valence-corrected chi connectivity index (χ2v) is 3.46. The van der Waals surface area contributed by atoms with Gasteiger partial charge in [0.05, 0.1) is 6.54 Å². The first-order valence-corrected chi connectivity index (χ1v) is 4.97. The number of furan rings is 1. The van der Waals surface area contributed by atoms with Gasteiger partial charge in [-0.05, 0) is 12.1 Å². The van der Waals surface area contributed by atoms with Crippen molar-refractivity contribution in [1.29, 1.82) is 0 Å². The molecule has 0 atom stereocenters. The minimum Gasteiger partial charge on any atom is -0.453 e. The molecule has 0 aliphatic heterocycles. The third kappa shape index (κ3) is 1.38. The Bertz CT molecular complexity index is 592. The maximum absolute atomic E-state index is 5.63. The normalized spacial score (nSPS) is 11.1. The Morgan fingerprint density at radius 3 is 2.94 bits per heavy atom. The number of H-pyrrole nitrogens is 1. The topological polar surface area (TPSA) is 80.7 Å². The zero-order valence-corrected chi connectivity index (χ0v) is 8.47. The fraction of sp³-hybridized carbons (Fsp3) is 0.0909. The Kier molecular flexibility index (Phi) is 1.97. The molecule has 0 aliphatic carbocycles. The molecule has 0 amide bonds. The molecule has 2 heterocycles. The number of rotatable bonds is 2. The van der Waals surface area contributed by atoms with Gasteiger partial charge in [-0.25, -0.2) is 4.98 Å². The van der Waals surface area contributed by atoms with Crippen molar-refractivity contribution in [3.05, 3.63) is 36.2 Å². The SMILES string of the molecule is NCc1nc(-c2cc3ccccc3o2)n[nH]1. The Labute approximate surface area is 91.3 Å². The van der Waals surface area contributed by atoms with E-state index in [1.165, 1.54) is 0 Å². The molecule has 0 saturated heterocycles. The Morgan fingerprint density at radius 1 is 1.31 bits per heavy atom. The molecular weight excluding hydrogens is 204 g/mol. The van der Waals surface area contributed by atoms with Crippen LogP contribution >= 0.6 is 0 Å². The van der Waals surface area contributed by atoms with Gasteiger partial charge in [0.2, 0.25) is 5.82 Å². The summed E-state index contributed by atoms with van der Waals surface area (Å²) in [6, 6.07) is 9.71. The summed E-state index contributed by atoms with van der Waals surface area (Å²) in [5.41, 5.74) is 6.28. The molecule has 5 nitrogen and oxygen atoms in total. The minimum atomic E-state index is 0.341. The standard InChI is InChI=1S/C11H10N4O/c12-6-10-13-11(15-14-10)9-5-7-3-1-2-4-8(7)16-9/h1-5H,6,12H2,(H,13,14,15). The van der Waals surface area contributed by atoms with Gasteiger partial charge in [0.1, 0.15) is 11.4 Å². The van der Waals surface area contributed by atoms with Gasteiger partial charge in [0.15, 0.2) is 5.76 Å². The Hall–Kier alpha value is -2.14. The third-order valence-corrected chi connectivity index (χ3v) is 2.37. The summed E-state index contributed by atoms with van der Waals surface area (Å²) in [6.45, 7) is 0.341. The summed E-state index contributed by atoms with van der Waals surface area (Å²) in [7, 11) is 0. The van der Waals surface area contributed by atoms with E-state index in [0.29, 0.717) is 24.0 Å². The fourth-order valence-corrected chi connectivity index (χ4v) is 1.59. The Balaban J connectivity index is 2.11. The molecule has 16 heavy (non-hydrogen) atoms. The van der Waals surface area contributed by atoms with E-state index in [4.69, 9.17) is 10.2 Å². The van der Waals surface area contributed by atoms with Gasteiger partial charge in [-0.15, -0.1) is 5.10 Å². The number of nitrogens with zero attached hydrogens (tertiary/aromatic N) is 2. The lowest BCUT2D eigenvalue weighted by molar-refractivity contribution is 0.625. The van der Waals surface area contributed by atoms with Crippen molar-refractivity contribution in [1.82, 2.24) is 15.2 Å². The molecule has 0 radical (unpaired) electrons. The van der Waals surface area contributed by atoms with E-state index in [-0.39, 0.29) is 0 Å². The zero-order valence-electron chi connectivity index (χ0n) is 8.47. The molecule has 0 fully saturated rings. The van der Waals surface area contributed by atoms with Crippen molar-refractivity contribution in [3.8, 4) is 11.6 Å². The lowest BCUT2D eigenvalue weighted by Gasteiger charge is -1.85. The number of hydrogen-bond donors (Lipinski definition) is 2. The molecule has 0 saturated carbocycles. The highest BCUT2D eigenvalue weighted by molar-refractivity contribution is 5.81. The van der Waals surface area contributed by atoms with E-state index in [1.54, 1.807) is 0 Å². The van der Waals surface area contributed by atoms with Gasteiger partial charge in [0.25, 0.3) is 0 Å². The number of aromatic nitrogens is 3. The van der Waals surface area contributed by atoms with E-state index in [9.17, 15) is 0 Å². The number of hydrogen-bond acceptors (Lipinski definition) is 4. The van der Waals surface area contributed by atoms with Gasteiger partial charge < -0.3 is 10.2 Å². The van der Waals surface area contributed by atoms with E-state index >= 15 is 0 Å². The summed E-state index contributed by atoms with van der Waals surface area (Å²) in [4.78, 5) is 4.21.